The van der Waals surface area contributed by atoms with Crippen LogP contribution in [0.3, 0.4) is 0 Å². The predicted molar refractivity (Wildman–Crippen MR) is 68.6 cm³/mol. The van der Waals surface area contributed by atoms with Gasteiger partial charge >= 0.3 is 0 Å². The van der Waals surface area contributed by atoms with Crippen molar-refractivity contribution in [1.29, 1.82) is 0 Å². The second-order valence-corrected chi connectivity index (χ2v) is 4.00. The van der Waals surface area contributed by atoms with E-state index in [9.17, 15) is 0 Å². The van der Waals surface area contributed by atoms with Crippen molar-refractivity contribution in [1.82, 2.24) is 4.98 Å². The Morgan fingerprint density at radius 3 is 2.50 bits per heavy atom. The van der Waals surface area contributed by atoms with Gasteiger partial charge in [-0.05, 0) is 24.6 Å². The van der Waals surface area contributed by atoms with Gasteiger partial charge in [-0.2, -0.15) is 0 Å². The van der Waals surface area contributed by atoms with E-state index >= 15 is 0 Å². The zero-order valence-corrected chi connectivity index (χ0v) is 9.83. The van der Waals surface area contributed by atoms with Crippen molar-refractivity contribution in [2.45, 2.75) is 6.92 Å². The molecule has 2 aromatic rings. The number of pyridine rings is 1. The molecule has 0 saturated heterocycles. The first kappa shape index (κ1) is 10.9. The molecular formula is C14H12ClN. The van der Waals surface area contributed by atoms with Gasteiger partial charge in [0.15, 0.2) is 0 Å². The maximum absolute atomic E-state index is 6.14. The molecule has 0 aliphatic heterocycles. The monoisotopic (exact) mass is 229 g/mol. The first-order valence-electron chi connectivity index (χ1n) is 5.06. The van der Waals surface area contributed by atoms with Gasteiger partial charge in [-0.1, -0.05) is 42.4 Å². The molecule has 2 rings (SSSR count). The normalized spacial score (nSPS) is 10.1. The molecule has 0 radical (unpaired) electrons. The number of halogens is 1. The van der Waals surface area contributed by atoms with Crippen molar-refractivity contribution < 1.29 is 0 Å². The molecule has 0 N–H and O–H groups in total. The van der Waals surface area contributed by atoms with Gasteiger partial charge < -0.3 is 0 Å². The largest absolute Gasteiger partial charge is 0.261 e. The number of aromatic nitrogens is 1. The van der Waals surface area contributed by atoms with E-state index in [0.717, 1.165) is 27.4 Å². The number of hydrogen-bond acceptors (Lipinski definition) is 1. The van der Waals surface area contributed by atoms with Crippen molar-refractivity contribution in [3.8, 4) is 0 Å². The van der Waals surface area contributed by atoms with Gasteiger partial charge in [-0.15, -0.1) is 0 Å². The summed E-state index contributed by atoms with van der Waals surface area (Å²) in [5.41, 5.74) is 3.87. The second-order valence-electron chi connectivity index (χ2n) is 3.59. The summed E-state index contributed by atoms with van der Waals surface area (Å²) in [6, 6.07) is 11.6. The number of benzene rings is 1. The van der Waals surface area contributed by atoms with E-state index < -0.39 is 0 Å². The van der Waals surface area contributed by atoms with Crippen LogP contribution in [0.5, 0.6) is 0 Å². The van der Waals surface area contributed by atoms with Gasteiger partial charge in [-0.25, -0.2) is 0 Å². The van der Waals surface area contributed by atoms with E-state index in [2.05, 4.69) is 11.6 Å². The fourth-order valence-corrected chi connectivity index (χ4v) is 1.90. The van der Waals surface area contributed by atoms with E-state index in [1.807, 2.05) is 43.3 Å². The van der Waals surface area contributed by atoms with Crippen LogP contribution in [0.15, 0.2) is 49.2 Å². The van der Waals surface area contributed by atoms with Crippen LogP contribution in [0.4, 0.5) is 0 Å². The van der Waals surface area contributed by atoms with Crippen molar-refractivity contribution in [2.75, 3.05) is 0 Å². The Labute approximate surface area is 100 Å². The van der Waals surface area contributed by atoms with E-state index in [0.29, 0.717) is 0 Å². The van der Waals surface area contributed by atoms with Crippen molar-refractivity contribution >= 4 is 17.2 Å². The van der Waals surface area contributed by atoms with Crippen molar-refractivity contribution in [3.63, 3.8) is 0 Å². The van der Waals surface area contributed by atoms with Crippen LogP contribution in [-0.4, -0.2) is 4.98 Å². The Bertz CT molecular complexity index is 484. The molecule has 0 unspecified atom stereocenters. The van der Waals surface area contributed by atoms with E-state index in [4.69, 9.17) is 11.6 Å². The molecule has 1 heterocycles. The summed E-state index contributed by atoms with van der Waals surface area (Å²) in [5.74, 6) is 0. The summed E-state index contributed by atoms with van der Waals surface area (Å²) >= 11 is 6.14. The molecule has 0 aliphatic carbocycles. The highest BCUT2D eigenvalue weighted by Gasteiger charge is 2.08. The van der Waals surface area contributed by atoms with Gasteiger partial charge in [-0.3, -0.25) is 4.98 Å². The summed E-state index contributed by atoms with van der Waals surface area (Å²) in [6.07, 6.45) is 1.78. The fraction of sp³-hybridized carbons (Fsp3) is 0.0714. The molecule has 0 aliphatic rings. The molecular weight excluding hydrogens is 218 g/mol. The van der Waals surface area contributed by atoms with Crippen LogP contribution in [0.25, 0.3) is 5.57 Å². The molecule has 0 spiro atoms. The predicted octanol–water partition coefficient (Wildman–Crippen LogP) is 4.10. The number of aryl methyl sites for hydroxylation is 1. The minimum atomic E-state index is 0.718. The highest BCUT2D eigenvalue weighted by molar-refractivity contribution is 6.32. The first-order chi connectivity index (χ1) is 7.70. The van der Waals surface area contributed by atoms with Crippen LogP contribution >= 0.6 is 11.6 Å². The third-order valence-corrected chi connectivity index (χ3v) is 2.86. The Kier molecular flexibility index (Phi) is 3.07. The minimum absolute atomic E-state index is 0.718. The molecule has 80 valence electrons. The molecule has 0 bridgehead atoms. The lowest BCUT2D eigenvalue weighted by atomic mass is 9.99. The topological polar surface area (TPSA) is 12.9 Å². The van der Waals surface area contributed by atoms with Crippen LogP contribution in [0.1, 0.15) is 16.8 Å². The lowest BCUT2D eigenvalue weighted by Gasteiger charge is -2.09. The Morgan fingerprint density at radius 1 is 1.12 bits per heavy atom. The van der Waals surface area contributed by atoms with Gasteiger partial charge in [0.2, 0.25) is 0 Å². The van der Waals surface area contributed by atoms with Crippen molar-refractivity contribution in [3.05, 3.63) is 71.0 Å². The van der Waals surface area contributed by atoms with Gasteiger partial charge in [0.05, 0.1) is 0 Å². The average Bonchev–Trinajstić information content (AvgIpc) is 2.29. The number of rotatable bonds is 2. The standard InChI is InChI=1S/C14H12ClN/c1-10(12-7-5-9-16-11(12)2)13-6-3-4-8-14(13)15/h3-9H,1H2,2H3. The molecule has 0 atom stereocenters. The lowest BCUT2D eigenvalue weighted by Crippen LogP contribution is -1.92. The number of hydrogen-bond donors (Lipinski definition) is 0. The Balaban J connectivity index is 2.48. The molecule has 1 aromatic carbocycles. The Morgan fingerprint density at radius 2 is 1.81 bits per heavy atom. The lowest BCUT2D eigenvalue weighted by molar-refractivity contribution is 1.18. The molecule has 0 fully saturated rings. The molecule has 0 amide bonds. The third-order valence-electron chi connectivity index (χ3n) is 2.53. The molecule has 0 saturated carbocycles. The van der Waals surface area contributed by atoms with E-state index in [1.165, 1.54) is 0 Å². The molecule has 1 aromatic heterocycles. The molecule has 2 heteroatoms. The van der Waals surface area contributed by atoms with Gasteiger partial charge in [0, 0.05) is 28.0 Å². The Hall–Kier alpha value is -1.60. The van der Waals surface area contributed by atoms with Gasteiger partial charge in [0.25, 0.3) is 0 Å². The minimum Gasteiger partial charge on any atom is -0.261 e. The summed E-state index contributed by atoms with van der Waals surface area (Å²) in [5, 5.41) is 0.718. The van der Waals surface area contributed by atoms with Crippen LogP contribution in [0.2, 0.25) is 5.02 Å². The first-order valence-corrected chi connectivity index (χ1v) is 5.43. The summed E-state index contributed by atoms with van der Waals surface area (Å²) < 4.78 is 0. The smallest absolute Gasteiger partial charge is 0.0484 e. The van der Waals surface area contributed by atoms with Crippen LogP contribution in [-0.2, 0) is 0 Å². The third kappa shape index (κ3) is 2.00. The highest BCUT2D eigenvalue weighted by Crippen LogP contribution is 2.28. The number of nitrogens with zero attached hydrogens (tertiary/aromatic N) is 1. The maximum atomic E-state index is 6.14. The SMILES string of the molecule is C=C(c1ccccc1Cl)c1cccnc1C. The van der Waals surface area contributed by atoms with E-state index in [1.54, 1.807) is 6.20 Å². The zero-order valence-electron chi connectivity index (χ0n) is 9.07. The summed E-state index contributed by atoms with van der Waals surface area (Å²) in [7, 11) is 0. The molecule has 16 heavy (non-hydrogen) atoms. The highest BCUT2D eigenvalue weighted by atomic mass is 35.5. The average molecular weight is 230 g/mol. The maximum Gasteiger partial charge on any atom is 0.0484 e. The fourth-order valence-electron chi connectivity index (χ4n) is 1.65. The van der Waals surface area contributed by atoms with E-state index in [-0.39, 0.29) is 0 Å². The summed E-state index contributed by atoms with van der Waals surface area (Å²) in [6.45, 7) is 6.06. The summed E-state index contributed by atoms with van der Waals surface area (Å²) in [4.78, 5) is 4.25. The van der Waals surface area contributed by atoms with Crippen LogP contribution < -0.4 is 0 Å². The van der Waals surface area contributed by atoms with Crippen LogP contribution in [0, 0.1) is 6.92 Å². The van der Waals surface area contributed by atoms with Crippen molar-refractivity contribution in [2.24, 2.45) is 0 Å². The van der Waals surface area contributed by atoms with Gasteiger partial charge in [0.1, 0.15) is 0 Å². The zero-order chi connectivity index (χ0) is 11.5. The quantitative estimate of drug-likeness (QED) is 0.756. The molecule has 1 nitrogen and oxygen atoms in total. The second kappa shape index (κ2) is 4.50.